The SMILES string of the molecule is O=C(N[C@@H](Cc1c[nH]c2ccccc12)C(=O)[O-])OCc1ccccc1. The summed E-state index contributed by atoms with van der Waals surface area (Å²) in [5.41, 5.74) is 2.51. The number of amides is 1. The lowest BCUT2D eigenvalue weighted by atomic mass is 10.1. The molecule has 2 N–H and O–H groups in total. The molecule has 0 aliphatic heterocycles. The Kier molecular flexibility index (Phi) is 4.99. The topological polar surface area (TPSA) is 94.2 Å². The predicted octanol–water partition coefficient (Wildman–Crippen LogP) is 1.76. The Balaban J connectivity index is 1.63. The Bertz CT molecular complexity index is 873. The van der Waals surface area contributed by atoms with Gasteiger partial charge in [-0.1, -0.05) is 48.5 Å². The van der Waals surface area contributed by atoms with E-state index in [0.29, 0.717) is 0 Å². The number of aromatic nitrogens is 1. The summed E-state index contributed by atoms with van der Waals surface area (Å²) in [6.45, 7) is 0.0690. The Labute approximate surface area is 144 Å². The van der Waals surface area contributed by atoms with E-state index < -0.39 is 18.1 Å². The van der Waals surface area contributed by atoms with E-state index in [1.165, 1.54) is 0 Å². The molecule has 0 saturated heterocycles. The molecule has 128 valence electrons. The highest BCUT2D eigenvalue weighted by molar-refractivity contribution is 5.85. The molecule has 3 rings (SSSR count). The van der Waals surface area contributed by atoms with Crippen LogP contribution in [0.2, 0.25) is 0 Å². The summed E-state index contributed by atoms with van der Waals surface area (Å²) >= 11 is 0. The number of benzene rings is 2. The summed E-state index contributed by atoms with van der Waals surface area (Å²) in [6.07, 6.45) is 1.04. The van der Waals surface area contributed by atoms with Crippen LogP contribution in [0.1, 0.15) is 11.1 Å². The van der Waals surface area contributed by atoms with Crippen LogP contribution in [-0.4, -0.2) is 23.1 Å². The first kappa shape index (κ1) is 16.6. The molecule has 1 aromatic heterocycles. The summed E-state index contributed by atoms with van der Waals surface area (Å²) in [4.78, 5) is 26.3. The molecular formula is C19H17N2O4-. The van der Waals surface area contributed by atoms with E-state index in [2.05, 4.69) is 10.3 Å². The molecule has 0 aliphatic rings. The van der Waals surface area contributed by atoms with Gasteiger partial charge in [0.05, 0.1) is 12.0 Å². The number of carboxylic acid groups (broad SMARTS) is 1. The number of carbonyl (C=O) groups excluding carboxylic acids is 2. The molecular weight excluding hydrogens is 320 g/mol. The van der Waals surface area contributed by atoms with E-state index >= 15 is 0 Å². The van der Waals surface area contributed by atoms with Gasteiger partial charge >= 0.3 is 6.09 Å². The van der Waals surface area contributed by atoms with Crippen molar-refractivity contribution in [3.05, 3.63) is 71.9 Å². The van der Waals surface area contributed by atoms with Crippen molar-refractivity contribution < 1.29 is 19.4 Å². The Morgan fingerprint density at radius 2 is 1.80 bits per heavy atom. The van der Waals surface area contributed by atoms with Gasteiger partial charge in [-0.05, 0) is 17.2 Å². The van der Waals surface area contributed by atoms with Crippen molar-refractivity contribution in [2.45, 2.75) is 19.1 Å². The molecule has 0 fully saturated rings. The predicted molar refractivity (Wildman–Crippen MR) is 90.6 cm³/mol. The van der Waals surface area contributed by atoms with Crippen molar-refractivity contribution in [2.24, 2.45) is 0 Å². The molecule has 0 aliphatic carbocycles. The first-order valence-electron chi connectivity index (χ1n) is 7.86. The van der Waals surface area contributed by atoms with Gasteiger partial charge in [0.15, 0.2) is 0 Å². The van der Waals surface area contributed by atoms with E-state index in [4.69, 9.17) is 4.74 Å². The highest BCUT2D eigenvalue weighted by Crippen LogP contribution is 2.19. The van der Waals surface area contributed by atoms with Crippen molar-refractivity contribution in [3.8, 4) is 0 Å². The average molecular weight is 337 g/mol. The molecule has 6 nitrogen and oxygen atoms in total. The molecule has 1 amide bonds. The van der Waals surface area contributed by atoms with E-state index in [9.17, 15) is 14.7 Å². The minimum atomic E-state index is -1.36. The number of nitrogens with one attached hydrogen (secondary N) is 2. The quantitative estimate of drug-likeness (QED) is 0.716. The number of alkyl carbamates (subject to hydrolysis) is 1. The molecule has 0 radical (unpaired) electrons. The highest BCUT2D eigenvalue weighted by atomic mass is 16.5. The molecule has 1 heterocycles. The number of hydrogen-bond donors (Lipinski definition) is 2. The lowest BCUT2D eigenvalue weighted by molar-refractivity contribution is -0.308. The lowest BCUT2D eigenvalue weighted by Crippen LogP contribution is -2.49. The zero-order chi connectivity index (χ0) is 17.6. The number of rotatable bonds is 6. The van der Waals surface area contributed by atoms with Crippen LogP contribution in [-0.2, 0) is 22.6 Å². The van der Waals surface area contributed by atoms with Crippen LogP contribution in [0.25, 0.3) is 10.9 Å². The zero-order valence-corrected chi connectivity index (χ0v) is 13.4. The molecule has 3 aromatic rings. The van der Waals surface area contributed by atoms with Gasteiger partial charge in [0.25, 0.3) is 0 Å². The Morgan fingerprint density at radius 3 is 2.56 bits per heavy atom. The van der Waals surface area contributed by atoms with E-state index in [1.54, 1.807) is 6.20 Å². The number of carbonyl (C=O) groups is 2. The second-order valence-electron chi connectivity index (χ2n) is 5.64. The van der Waals surface area contributed by atoms with Gasteiger partial charge in [-0.15, -0.1) is 0 Å². The van der Waals surface area contributed by atoms with Crippen LogP contribution in [0.5, 0.6) is 0 Å². The van der Waals surface area contributed by atoms with Crippen molar-refractivity contribution in [1.29, 1.82) is 0 Å². The smallest absolute Gasteiger partial charge is 0.408 e. The van der Waals surface area contributed by atoms with Gasteiger partial charge in [-0.2, -0.15) is 0 Å². The summed E-state index contributed by atoms with van der Waals surface area (Å²) < 4.78 is 5.07. The third-order valence-corrected chi connectivity index (χ3v) is 3.89. The van der Waals surface area contributed by atoms with Gasteiger partial charge < -0.3 is 24.9 Å². The van der Waals surface area contributed by atoms with Crippen LogP contribution >= 0.6 is 0 Å². The van der Waals surface area contributed by atoms with Gasteiger partial charge in [0.1, 0.15) is 6.61 Å². The van der Waals surface area contributed by atoms with E-state index in [0.717, 1.165) is 22.0 Å². The molecule has 0 saturated carbocycles. The number of aliphatic carboxylic acids is 1. The number of ether oxygens (including phenoxy) is 1. The van der Waals surface area contributed by atoms with Gasteiger partial charge in [0, 0.05) is 23.5 Å². The van der Waals surface area contributed by atoms with Gasteiger partial charge in [-0.3, -0.25) is 0 Å². The van der Waals surface area contributed by atoms with Crippen LogP contribution in [0.3, 0.4) is 0 Å². The van der Waals surface area contributed by atoms with Crippen LogP contribution < -0.4 is 10.4 Å². The van der Waals surface area contributed by atoms with Crippen LogP contribution in [0.15, 0.2) is 60.8 Å². The van der Waals surface area contributed by atoms with Crippen molar-refractivity contribution in [1.82, 2.24) is 10.3 Å². The average Bonchev–Trinajstić information content (AvgIpc) is 3.03. The second kappa shape index (κ2) is 7.53. The highest BCUT2D eigenvalue weighted by Gasteiger charge is 2.17. The molecule has 1 atom stereocenters. The van der Waals surface area contributed by atoms with Crippen molar-refractivity contribution in [3.63, 3.8) is 0 Å². The zero-order valence-electron chi connectivity index (χ0n) is 13.4. The maximum atomic E-state index is 11.9. The molecule has 6 heteroatoms. The second-order valence-corrected chi connectivity index (χ2v) is 5.64. The minimum Gasteiger partial charge on any atom is -0.548 e. The number of carboxylic acids is 1. The third kappa shape index (κ3) is 4.17. The lowest BCUT2D eigenvalue weighted by Gasteiger charge is -2.19. The monoisotopic (exact) mass is 337 g/mol. The van der Waals surface area contributed by atoms with Crippen LogP contribution in [0.4, 0.5) is 4.79 Å². The number of aromatic amines is 1. The number of fused-ring (bicyclic) bond motifs is 1. The molecule has 25 heavy (non-hydrogen) atoms. The fraction of sp³-hybridized carbons (Fsp3) is 0.158. The summed E-state index contributed by atoms with van der Waals surface area (Å²) in [6, 6.07) is 15.5. The van der Waals surface area contributed by atoms with E-state index in [1.807, 2.05) is 54.6 Å². The van der Waals surface area contributed by atoms with Gasteiger partial charge in [0.2, 0.25) is 0 Å². The number of H-pyrrole nitrogens is 1. The maximum Gasteiger partial charge on any atom is 0.408 e. The fourth-order valence-corrected chi connectivity index (χ4v) is 2.62. The van der Waals surface area contributed by atoms with Crippen molar-refractivity contribution >= 4 is 23.0 Å². The van der Waals surface area contributed by atoms with Gasteiger partial charge in [-0.25, -0.2) is 4.79 Å². The number of para-hydroxylation sites is 1. The normalized spacial score (nSPS) is 11.8. The largest absolute Gasteiger partial charge is 0.548 e. The summed E-state index contributed by atoms with van der Waals surface area (Å²) in [5, 5.41) is 14.6. The Morgan fingerprint density at radius 1 is 1.08 bits per heavy atom. The standard InChI is InChI=1S/C19H18N2O4/c22-18(23)17(10-14-11-20-16-9-5-4-8-15(14)16)21-19(24)25-12-13-6-2-1-3-7-13/h1-9,11,17,20H,10,12H2,(H,21,24)(H,22,23)/p-1/t17-/m0/s1. The molecule has 0 bridgehead atoms. The minimum absolute atomic E-state index is 0.0690. The Hall–Kier alpha value is -3.28. The fourth-order valence-electron chi connectivity index (χ4n) is 2.62. The van der Waals surface area contributed by atoms with Crippen LogP contribution in [0, 0.1) is 0 Å². The third-order valence-electron chi connectivity index (χ3n) is 3.89. The first-order chi connectivity index (χ1) is 12.1. The summed E-state index contributed by atoms with van der Waals surface area (Å²) in [5.74, 6) is -1.36. The van der Waals surface area contributed by atoms with E-state index in [-0.39, 0.29) is 13.0 Å². The molecule has 0 spiro atoms. The maximum absolute atomic E-state index is 11.9. The van der Waals surface area contributed by atoms with Crippen molar-refractivity contribution in [2.75, 3.05) is 0 Å². The number of hydrogen-bond acceptors (Lipinski definition) is 4. The summed E-state index contributed by atoms with van der Waals surface area (Å²) in [7, 11) is 0. The first-order valence-corrected chi connectivity index (χ1v) is 7.86. The molecule has 2 aromatic carbocycles. The molecule has 0 unspecified atom stereocenters.